The molecule has 2 aromatic rings. The van der Waals surface area contributed by atoms with Crippen molar-refractivity contribution in [3.63, 3.8) is 0 Å². The van der Waals surface area contributed by atoms with Crippen molar-refractivity contribution in [1.29, 1.82) is 0 Å². The second-order valence-electron chi connectivity index (χ2n) is 4.40. The van der Waals surface area contributed by atoms with E-state index in [1.165, 1.54) is 35.9 Å². The fraction of sp³-hybridized carbons (Fsp3) is 0.545. The molecule has 7 heteroatoms. The maximum atomic E-state index is 4.55. The first-order valence-corrected chi connectivity index (χ1v) is 6.82. The molecule has 0 spiro atoms. The molecule has 2 aromatic heterocycles. The summed E-state index contributed by atoms with van der Waals surface area (Å²) in [7, 11) is 1.84. The van der Waals surface area contributed by atoms with E-state index in [1.54, 1.807) is 4.68 Å². The van der Waals surface area contributed by atoms with Gasteiger partial charge in [0.1, 0.15) is 10.9 Å². The Morgan fingerprint density at radius 2 is 2.00 bits per heavy atom. The lowest BCUT2D eigenvalue weighted by Crippen LogP contribution is -2.10. The number of nitrogens with zero attached hydrogens (tertiary/aromatic N) is 6. The van der Waals surface area contributed by atoms with Crippen LogP contribution in [-0.4, -0.2) is 30.2 Å². The van der Waals surface area contributed by atoms with Crippen molar-refractivity contribution >= 4 is 11.8 Å². The quantitative estimate of drug-likeness (QED) is 0.761. The molecule has 0 unspecified atom stereocenters. The fourth-order valence-corrected chi connectivity index (χ4v) is 3.10. The minimum Gasteiger partial charge on any atom is -0.238 e. The molecule has 0 fully saturated rings. The largest absolute Gasteiger partial charge is 0.238 e. The average molecular weight is 262 g/mol. The third kappa shape index (κ3) is 2.10. The molecule has 0 amide bonds. The summed E-state index contributed by atoms with van der Waals surface area (Å²) in [4.78, 5) is 9.09. The standard InChI is InChI=1S/C11H14N6S/c1-7-12-9-6-4-3-5-8(9)10(13-7)18-11-14-15-16-17(11)2/h3-6H2,1-2H3. The van der Waals surface area contributed by atoms with Crippen molar-refractivity contribution < 1.29 is 0 Å². The molecule has 94 valence electrons. The summed E-state index contributed by atoms with van der Waals surface area (Å²) in [5.74, 6) is 0.827. The third-order valence-electron chi connectivity index (χ3n) is 3.03. The maximum absolute atomic E-state index is 4.55. The van der Waals surface area contributed by atoms with Crippen molar-refractivity contribution in [3.8, 4) is 0 Å². The Morgan fingerprint density at radius 1 is 1.17 bits per heavy atom. The summed E-state index contributed by atoms with van der Waals surface area (Å²) >= 11 is 1.53. The van der Waals surface area contributed by atoms with Gasteiger partial charge in [-0.25, -0.2) is 14.6 Å². The highest BCUT2D eigenvalue weighted by Gasteiger charge is 2.19. The van der Waals surface area contributed by atoms with Gasteiger partial charge in [0.25, 0.3) is 0 Å². The van der Waals surface area contributed by atoms with Gasteiger partial charge in [-0.1, -0.05) is 0 Å². The van der Waals surface area contributed by atoms with E-state index in [0.717, 1.165) is 28.8 Å². The van der Waals surface area contributed by atoms with E-state index < -0.39 is 0 Å². The molecular weight excluding hydrogens is 248 g/mol. The lowest BCUT2D eigenvalue weighted by Gasteiger charge is -2.17. The molecule has 0 aliphatic heterocycles. The van der Waals surface area contributed by atoms with Gasteiger partial charge in [0.2, 0.25) is 5.16 Å². The number of tetrazole rings is 1. The van der Waals surface area contributed by atoms with Gasteiger partial charge in [-0.2, -0.15) is 0 Å². The first kappa shape index (κ1) is 11.6. The van der Waals surface area contributed by atoms with Crippen LogP contribution < -0.4 is 0 Å². The minimum absolute atomic E-state index is 0.765. The normalized spacial score (nSPS) is 14.6. The van der Waals surface area contributed by atoms with Gasteiger partial charge >= 0.3 is 0 Å². The van der Waals surface area contributed by atoms with Crippen molar-refractivity contribution in [2.24, 2.45) is 7.05 Å². The number of fused-ring (bicyclic) bond motifs is 1. The molecule has 3 rings (SSSR count). The van der Waals surface area contributed by atoms with Crippen molar-refractivity contribution in [2.45, 2.75) is 42.8 Å². The van der Waals surface area contributed by atoms with Crippen LogP contribution in [0.5, 0.6) is 0 Å². The molecule has 0 radical (unpaired) electrons. The van der Waals surface area contributed by atoms with Crippen LogP contribution in [0.3, 0.4) is 0 Å². The smallest absolute Gasteiger partial charge is 0.215 e. The number of hydrogen-bond donors (Lipinski definition) is 0. The maximum Gasteiger partial charge on any atom is 0.215 e. The molecule has 2 heterocycles. The predicted octanol–water partition coefficient (Wildman–Crippen LogP) is 1.34. The lowest BCUT2D eigenvalue weighted by atomic mass is 9.97. The van der Waals surface area contributed by atoms with Crippen LogP contribution in [0.15, 0.2) is 10.2 Å². The molecule has 0 N–H and O–H groups in total. The first-order valence-electron chi connectivity index (χ1n) is 6.00. The van der Waals surface area contributed by atoms with Gasteiger partial charge in [0.05, 0.1) is 0 Å². The second-order valence-corrected chi connectivity index (χ2v) is 5.35. The number of hydrogen-bond acceptors (Lipinski definition) is 6. The summed E-state index contributed by atoms with van der Waals surface area (Å²) in [5, 5.41) is 13.3. The lowest BCUT2D eigenvalue weighted by molar-refractivity contribution is 0.637. The molecule has 1 aliphatic rings. The molecule has 0 atom stereocenters. The monoisotopic (exact) mass is 262 g/mol. The van der Waals surface area contributed by atoms with Crippen LogP contribution in [0.2, 0.25) is 0 Å². The molecule has 0 saturated heterocycles. The number of aromatic nitrogens is 6. The molecule has 6 nitrogen and oxygen atoms in total. The molecule has 0 aromatic carbocycles. The fourth-order valence-electron chi connectivity index (χ4n) is 2.16. The van der Waals surface area contributed by atoms with Gasteiger partial charge in [0.15, 0.2) is 0 Å². The van der Waals surface area contributed by atoms with Crippen LogP contribution in [0, 0.1) is 6.92 Å². The zero-order valence-electron chi connectivity index (χ0n) is 10.4. The van der Waals surface area contributed by atoms with E-state index in [1.807, 2.05) is 14.0 Å². The average Bonchev–Trinajstić information content (AvgIpc) is 2.75. The highest BCUT2D eigenvalue weighted by atomic mass is 32.2. The Labute approximate surface area is 109 Å². The predicted molar refractivity (Wildman–Crippen MR) is 66.3 cm³/mol. The Kier molecular flexibility index (Phi) is 2.99. The zero-order valence-corrected chi connectivity index (χ0v) is 11.2. The number of aryl methyl sites for hydroxylation is 3. The highest BCUT2D eigenvalue weighted by molar-refractivity contribution is 7.99. The molecular formula is C11H14N6S. The Hall–Kier alpha value is -1.50. The van der Waals surface area contributed by atoms with E-state index >= 15 is 0 Å². The van der Waals surface area contributed by atoms with E-state index in [9.17, 15) is 0 Å². The van der Waals surface area contributed by atoms with Gasteiger partial charge in [0, 0.05) is 18.3 Å². The van der Waals surface area contributed by atoms with Crippen LogP contribution in [0.25, 0.3) is 0 Å². The van der Waals surface area contributed by atoms with E-state index in [4.69, 9.17) is 0 Å². The molecule has 0 bridgehead atoms. The summed E-state index contributed by atoms with van der Waals surface area (Å²) < 4.78 is 1.66. The summed E-state index contributed by atoms with van der Waals surface area (Å²) in [6.07, 6.45) is 4.55. The molecule has 18 heavy (non-hydrogen) atoms. The summed E-state index contributed by atoms with van der Waals surface area (Å²) in [6.45, 7) is 1.94. The Morgan fingerprint density at radius 3 is 2.78 bits per heavy atom. The van der Waals surface area contributed by atoms with Crippen LogP contribution in [-0.2, 0) is 19.9 Å². The van der Waals surface area contributed by atoms with Gasteiger partial charge in [-0.3, -0.25) is 0 Å². The van der Waals surface area contributed by atoms with Gasteiger partial charge < -0.3 is 0 Å². The third-order valence-corrected chi connectivity index (χ3v) is 4.09. The topological polar surface area (TPSA) is 69.4 Å². The van der Waals surface area contributed by atoms with Gasteiger partial charge in [-0.15, -0.1) is 5.10 Å². The molecule has 1 aliphatic carbocycles. The summed E-state index contributed by atoms with van der Waals surface area (Å²) in [5.41, 5.74) is 2.48. The first-order chi connectivity index (χ1) is 8.74. The van der Waals surface area contributed by atoms with Crippen LogP contribution in [0.4, 0.5) is 0 Å². The Bertz CT molecular complexity index is 579. The van der Waals surface area contributed by atoms with E-state index in [2.05, 4.69) is 25.5 Å². The van der Waals surface area contributed by atoms with Crippen molar-refractivity contribution in [1.82, 2.24) is 30.2 Å². The van der Waals surface area contributed by atoms with E-state index in [0.29, 0.717) is 0 Å². The van der Waals surface area contributed by atoms with Crippen molar-refractivity contribution in [2.75, 3.05) is 0 Å². The number of rotatable bonds is 2. The Balaban J connectivity index is 2.01. The molecule has 0 saturated carbocycles. The van der Waals surface area contributed by atoms with Gasteiger partial charge in [-0.05, 0) is 54.8 Å². The van der Waals surface area contributed by atoms with E-state index in [-0.39, 0.29) is 0 Å². The SMILES string of the molecule is Cc1nc2c(c(Sc3nnnn3C)n1)CCCC2. The van der Waals surface area contributed by atoms with Crippen LogP contribution in [0.1, 0.15) is 29.9 Å². The highest BCUT2D eigenvalue weighted by Crippen LogP contribution is 2.31. The van der Waals surface area contributed by atoms with Crippen LogP contribution >= 0.6 is 11.8 Å². The van der Waals surface area contributed by atoms with Crippen molar-refractivity contribution in [3.05, 3.63) is 17.1 Å². The zero-order chi connectivity index (χ0) is 12.5. The summed E-state index contributed by atoms with van der Waals surface area (Å²) in [6, 6.07) is 0. The minimum atomic E-state index is 0.765. The second kappa shape index (κ2) is 4.64.